The smallest absolute Gasteiger partial charge is 0.387 e. The number of hydrogen-bond acceptors (Lipinski definition) is 5. The van der Waals surface area contributed by atoms with Crippen molar-refractivity contribution >= 4 is 13.7 Å². The number of quaternary nitrogens is 1. The Labute approximate surface area is 417 Å². The molecule has 8 nitrogen and oxygen atoms in total. The maximum Gasteiger partial charge on any atom is 0.472 e. The van der Waals surface area contributed by atoms with E-state index in [1.165, 1.54) is 44.9 Å². The topological polar surface area (TPSA) is 105 Å². The molecule has 9 heteroatoms. The normalized spacial score (nSPS) is 15.1. The lowest BCUT2D eigenvalue weighted by molar-refractivity contribution is -0.870. The zero-order chi connectivity index (χ0) is 49.9. The van der Waals surface area contributed by atoms with Crippen molar-refractivity contribution in [3.05, 3.63) is 134 Å². The van der Waals surface area contributed by atoms with Gasteiger partial charge in [0.25, 0.3) is 0 Å². The highest BCUT2D eigenvalue weighted by Gasteiger charge is 2.27. The SMILES string of the molecule is CC/C=C\C/C=C\C/C=C\C/C=C\C/C=C\C/C=C\C/C=C\C/C=C\CCCCCCCCCCC(=O)NC(COP(=O)(O)OCC[N+](C)(C)C)C(O)/C=C/CC/C=C/CC/C=C/CCCCC. The van der Waals surface area contributed by atoms with Gasteiger partial charge in [-0.2, -0.15) is 0 Å². The van der Waals surface area contributed by atoms with Crippen LogP contribution in [0.2, 0.25) is 0 Å². The molecule has 0 spiro atoms. The number of carbonyl (C=O) groups excluding carboxylic acids is 1. The molecule has 68 heavy (non-hydrogen) atoms. The quantitative estimate of drug-likeness (QED) is 0.0243. The van der Waals surface area contributed by atoms with Crippen molar-refractivity contribution in [2.24, 2.45) is 0 Å². The number of allylic oxidation sites excluding steroid dienone is 21. The second kappa shape index (κ2) is 48.7. The lowest BCUT2D eigenvalue weighted by Crippen LogP contribution is -2.45. The molecule has 386 valence electrons. The third-order valence-electron chi connectivity index (χ3n) is 10.8. The molecule has 0 saturated carbocycles. The van der Waals surface area contributed by atoms with Crippen LogP contribution in [0.3, 0.4) is 0 Å². The van der Waals surface area contributed by atoms with Gasteiger partial charge in [-0.05, 0) is 109 Å². The van der Waals surface area contributed by atoms with Crippen molar-refractivity contribution in [1.82, 2.24) is 5.32 Å². The number of carbonyl (C=O) groups is 1. The van der Waals surface area contributed by atoms with Gasteiger partial charge >= 0.3 is 7.82 Å². The highest BCUT2D eigenvalue weighted by molar-refractivity contribution is 7.47. The predicted octanol–water partition coefficient (Wildman–Crippen LogP) is 16.0. The Balaban J connectivity index is 4.25. The fraction of sp³-hybridized carbons (Fsp3) is 0.610. The van der Waals surface area contributed by atoms with E-state index < -0.39 is 20.0 Å². The largest absolute Gasteiger partial charge is 0.472 e. The fourth-order valence-electron chi connectivity index (χ4n) is 6.67. The first-order chi connectivity index (χ1) is 33.0. The van der Waals surface area contributed by atoms with Crippen LogP contribution in [-0.2, 0) is 18.4 Å². The minimum absolute atomic E-state index is 0.0443. The second-order valence-electron chi connectivity index (χ2n) is 18.5. The van der Waals surface area contributed by atoms with Crippen molar-refractivity contribution in [3.63, 3.8) is 0 Å². The monoisotopic (exact) mass is 964 g/mol. The number of aliphatic hydroxyl groups excluding tert-OH is 1. The number of likely N-dealkylation sites (N-methyl/N-ethyl adjacent to an activating group) is 1. The van der Waals surface area contributed by atoms with Gasteiger partial charge in [0.2, 0.25) is 5.91 Å². The van der Waals surface area contributed by atoms with Crippen LogP contribution in [0, 0.1) is 0 Å². The standard InChI is InChI=1S/C59H99N2O6P/c1-6-8-10-12-14-16-18-20-21-22-23-24-25-26-27-28-29-30-31-32-33-34-35-36-37-38-39-41-43-45-47-49-51-53-59(63)60-57(56-67-68(64,65)66-55-54-61(3,4)5)58(62)52-50-48-46-44-42-40-19-17-15-13-11-9-7-2/h8,10,14-17,20-21,23-24,26-27,29-30,32-33,35-36,42,44,50,52,57-58,62H,6-7,9,11-13,18-19,22,25,28,31,34,37-41,43,45-49,51,53-56H2,1-5H3,(H-,60,63,64,65)/p+1/b10-8-,16-14-,17-15+,21-20-,24-23-,27-26-,30-29-,33-32-,36-35-,44-42+,52-50+. The molecule has 0 aliphatic carbocycles. The maximum atomic E-state index is 12.9. The number of nitrogens with one attached hydrogen (secondary N) is 1. The molecule has 0 bridgehead atoms. The number of amides is 1. The summed E-state index contributed by atoms with van der Waals surface area (Å²) in [5.74, 6) is -0.208. The summed E-state index contributed by atoms with van der Waals surface area (Å²) in [4.78, 5) is 23.2. The van der Waals surface area contributed by atoms with Crippen LogP contribution < -0.4 is 5.32 Å². The van der Waals surface area contributed by atoms with Gasteiger partial charge in [-0.15, -0.1) is 0 Å². The number of aliphatic hydroxyl groups is 1. The van der Waals surface area contributed by atoms with Crippen molar-refractivity contribution in [2.45, 2.75) is 193 Å². The van der Waals surface area contributed by atoms with E-state index in [4.69, 9.17) is 9.05 Å². The molecule has 3 atom stereocenters. The van der Waals surface area contributed by atoms with Gasteiger partial charge in [0, 0.05) is 6.42 Å². The first-order valence-electron chi connectivity index (χ1n) is 26.6. The van der Waals surface area contributed by atoms with Gasteiger partial charge < -0.3 is 19.8 Å². The van der Waals surface area contributed by atoms with Crippen LogP contribution >= 0.6 is 7.82 Å². The average molecular weight is 964 g/mol. The van der Waals surface area contributed by atoms with Gasteiger partial charge in [-0.1, -0.05) is 199 Å². The molecular weight excluding hydrogens is 864 g/mol. The van der Waals surface area contributed by atoms with Crippen LogP contribution in [0.15, 0.2) is 134 Å². The molecule has 3 N–H and O–H groups in total. The van der Waals surface area contributed by atoms with Crippen LogP contribution in [0.25, 0.3) is 0 Å². The molecular formula is C59H100N2O6P+. The van der Waals surface area contributed by atoms with Gasteiger partial charge in [0.1, 0.15) is 13.2 Å². The summed E-state index contributed by atoms with van der Waals surface area (Å²) in [6.07, 6.45) is 74.0. The lowest BCUT2D eigenvalue weighted by Gasteiger charge is -2.25. The van der Waals surface area contributed by atoms with Crippen LogP contribution in [0.1, 0.15) is 181 Å². The highest BCUT2D eigenvalue weighted by Crippen LogP contribution is 2.43. The summed E-state index contributed by atoms with van der Waals surface area (Å²) in [6, 6.07) is -0.883. The predicted molar refractivity (Wildman–Crippen MR) is 294 cm³/mol. The summed E-state index contributed by atoms with van der Waals surface area (Å²) in [6.45, 7) is 4.60. The molecule has 0 radical (unpaired) electrons. The van der Waals surface area contributed by atoms with Crippen LogP contribution in [-0.4, -0.2) is 73.4 Å². The van der Waals surface area contributed by atoms with Gasteiger partial charge in [-0.3, -0.25) is 13.8 Å². The molecule has 1 amide bonds. The van der Waals surface area contributed by atoms with Crippen LogP contribution in [0.4, 0.5) is 0 Å². The molecule has 0 aromatic carbocycles. The number of phosphoric ester groups is 1. The molecule has 0 heterocycles. The fourth-order valence-corrected chi connectivity index (χ4v) is 7.41. The lowest BCUT2D eigenvalue weighted by atomic mass is 10.1. The van der Waals surface area contributed by atoms with E-state index in [-0.39, 0.29) is 19.1 Å². The summed E-state index contributed by atoms with van der Waals surface area (Å²) in [5, 5.41) is 13.8. The third kappa shape index (κ3) is 50.5. The number of unbranched alkanes of at least 4 members (excludes halogenated alkanes) is 13. The van der Waals surface area contributed by atoms with Crippen molar-refractivity contribution in [1.29, 1.82) is 0 Å². The molecule has 0 fully saturated rings. The van der Waals surface area contributed by atoms with E-state index in [9.17, 15) is 19.4 Å². The number of rotatable bonds is 46. The minimum Gasteiger partial charge on any atom is -0.387 e. The summed E-state index contributed by atoms with van der Waals surface area (Å²) < 4.78 is 23.6. The first-order valence-corrected chi connectivity index (χ1v) is 28.1. The van der Waals surface area contributed by atoms with Crippen LogP contribution in [0.5, 0.6) is 0 Å². The molecule has 3 unspecified atom stereocenters. The molecule has 0 aliphatic heterocycles. The summed E-state index contributed by atoms with van der Waals surface area (Å²) in [7, 11) is 1.52. The maximum absolute atomic E-state index is 12.9. The van der Waals surface area contributed by atoms with Gasteiger partial charge in [0.15, 0.2) is 0 Å². The Morgan fingerprint density at radius 1 is 0.515 bits per heavy atom. The van der Waals surface area contributed by atoms with E-state index in [0.29, 0.717) is 17.4 Å². The summed E-state index contributed by atoms with van der Waals surface area (Å²) >= 11 is 0. The molecule has 0 aromatic rings. The number of phosphoric acid groups is 1. The molecule has 0 aliphatic rings. The summed E-state index contributed by atoms with van der Waals surface area (Å²) in [5.41, 5.74) is 0. The average Bonchev–Trinajstić information content (AvgIpc) is 3.30. The Morgan fingerprint density at radius 2 is 0.897 bits per heavy atom. The number of nitrogens with zero attached hydrogens (tertiary/aromatic N) is 1. The Hall–Kier alpha value is -3.36. The Kier molecular flexibility index (Phi) is 46.3. The van der Waals surface area contributed by atoms with Crippen molar-refractivity contribution < 1.29 is 32.9 Å². The van der Waals surface area contributed by atoms with E-state index in [1.807, 2.05) is 27.2 Å². The zero-order valence-electron chi connectivity index (χ0n) is 43.8. The van der Waals surface area contributed by atoms with Crippen molar-refractivity contribution in [3.8, 4) is 0 Å². The Morgan fingerprint density at radius 3 is 1.35 bits per heavy atom. The molecule has 0 aromatic heterocycles. The third-order valence-corrected chi connectivity index (χ3v) is 11.8. The van der Waals surface area contributed by atoms with E-state index in [1.54, 1.807) is 6.08 Å². The second-order valence-corrected chi connectivity index (χ2v) is 19.9. The Bertz CT molecular complexity index is 1560. The van der Waals surface area contributed by atoms with E-state index in [2.05, 4.69) is 141 Å². The van der Waals surface area contributed by atoms with E-state index >= 15 is 0 Å². The molecule has 0 saturated heterocycles. The van der Waals surface area contributed by atoms with Gasteiger partial charge in [0.05, 0.1) is 39.9 Å². The minimum atomic E-state index is -4.36. The molecule has 0 rings (SSSR count). The van der Waals surface area contributed by atoms with E-state index in [0.717, 1.165) is 116 Å². The zero-order valence-corrected chi connectivity index (χ0v) is 44.7. The van der Waals surface area contributed by atoms with Crippen molar-refractivity contribution in [2.75, 3.05) is 40.9 Å². The van der Waals surface area contributed by atoms with Gasteiger partial charge in [-0.25, -0.2) is 4.57 Å². The first kappa shape index (κ1) is 64.6. The number of hydrogen-bond donors (Lipinski definition) is 3. The highest BCUT2D eigenvalue weighted by atomic mass is 31.2.